The van der Waals surface area contributed by atoms with E-state index in [-0.39, 0.29) is 0 Å². The Morgan fingerprint density at radius 2 is 0.982 bits per heavy atom. The Labute approximate surface area is 322 Å². The van der Waals surface area contributed by atoms with Crippen LogP contribution in [0.5, 0.6) is 0 Å². The van der Waals surface area contributed by atoms with Crippen molar-refractivity contribution in [3.63, 3.8) is 0 Å². The summed E-state index contributed by atoms with van der Waals surface area (Å²) in [7, 11) is 0. The van der Waals surface area contributed by atoms with Gasteiger partial charge in [0.15, 0.2) is 0 Å². The molecule has 0 spiro atoms. The van der Waals surface area contributed by atoms with Gasteiger partial charge in [-0.1, -0.05) is 146 Å². The standard InChI is InChI=1S/C52H33NOS/c1-2-16-40-34(12-1)13-10-20-41(40)36-14-9-15-37(32-36)42-17-3-6-23-48(42)53(39-30-31-45-44-18-4-7-24-49(44)54-50(45)33-39)38-28-26-35(27-29-38)43-21-11-22-47-46-19-5-8-25-51(46)55-52(43)47/h1-33H. The maximum absolute atomic E-state index is 6.45. The van der Waals surface area contributed by atoms with Crippen LogP contribution in [0.2, 0.25) is 0 Å². The van der Waals surface area contributed by atoms with Gasteiger partial charge in [-0.25, -0.2) is 0 Å². The summed E-state index contributed by atoms with van der Waals surface area (Å²) in [4.78, 5) is 2.37. The van der Waals surface area contributed by atoms with Crippen molar-refractivity contribution in [1.29, 1.82) is 0 Å². The third-order valence-corrected chi connectivity index (χ3v) is 12.1. The lowest BCUT2D eigenvalue weighted by molar-refractivity contribution is 0.669. The molecule has 3 heteroatoms. The van der Waals surface area contributed by atoms with E-state index in [4.69, 9.17) is 4.42 Å². The van der Waals surface area contributed by atoms with Crippen LogP contribution in [0.25, 0.3) is 86.3 Å². The second-order valence-corrected chi connectivity index (χ2v) is 15.1. The zero-order valence-corrected chi connectivity index (χ0v) is 30.6. The van der Waals surface area contributed by atoms with E-state index in [9.17, 15) is 0 Å². The lowest BCUT2D eigenvalue weighted by atomic mass is 9.94. The van der Waals surface area contributed by atoms with E-state index in [0.29, 0.717) is 0 Å². The Morgan fingerprint density at radius 1 is 0.364 bits per heavy atom. The lowest BCUT2D eigenvalue weighted by Gasteiger charge is -2.28. The molecule has 0 bridgehead atoms. The predicted molar refractivity (Wildman–Crippen MR) is 235 cm³/mol. The molecule has 2 nitrogen and oxygen atoms in total. The summed E-state index contributed by atoms with van der Waals surface area (Å²) >= 11 is 1.87. The first-order valence-corrected chi connectivity index (χ1v) is 19.5. The summed E-state index contributed by atoms with van der Waals surface area (Å²) in [6.07, 6.45) is 0. The van der Waals surface area contributed by atoms with Crippen LogP contribution in [0, 0.1) is 0 Å². The summed E-state index contributed by atoms with van der Waals surface area (Å²) in [5.74, 6) is 0. The number of benzene rings is 9. The molecule has 0 saturated heterocycles. The van der Waals surface area contributed by atoms with Crippen LogP contribution in [-0.2, 0) is 0 Å². The fourth-order valence-electron chi connectivity index (χ4n) is 8.29. The number of hydrogen-bond acceptors (Lipinski definition) is 3. The molecule has 0 aliphatic heterocycles. The number of thiophene rings is 1. The van der Waals surface area contributed by atoms with Gasteiger partial charge in [0.05, 0.1) is 5.69 Å². The third kappa shape index (κ3) is 5.32. The number of nitrogens with zero attached hydrogens (tertiary/aromatic N) is 1. The minimum atomic E-state index is 0.868. The normalized spacial score (nSPS) is 11.6. The molecular formula is C52H33NOS. The smallest absolute Gasteiger partial charge is 0.137 e. The predicted octanol–water partition coefficient (Wildman–Crippen LogP) is 15.6. The molecule has 0 fully saturated rings. The van der Waals surface area contributed by atoms with Gasteiger partial charge < -0.3 is 9.32 Å². The van der Waals surface area contributed by atoms with Crippen molar-refractivity contribution in [2.24, 2.45) is 0 Å². The van der Waals surface area contributed by atoms with Gasteiger partial charge in [0, 0.05) is 53.9 Å². The highest BCUT2D eigenvalue weighted by molar-refractivity contribution is 7.26. The number of furan rings is 1. The molecule has 0 radical (unpaired) electrons. The molecule has 0 saturated carbocycles. The second-order valence-electron chi connectivity index (χ2n) is 14.1. The summed E-state index contributed by atoms with van der Waals surface area (Å²) in [5, 5.41) is 7.35. The van der Waals surface area contributed by atoms with Crippen LogP contribution in [0.1, 0.15) is 0 Å². The summed E-state index contributed by atoms with van der Waals surface area (Å²) in [5.41, 5.74) is 12.1. The molecule has 9 aromatic carbocycles. The molecule has 0 N–H and O–H groups in total. The van der Waals surface area contributed by atoms with Crippen molar-refractivity contribution < 1.29 is 4.42 Å². The fraction of sp³-hybridized carbons (Fsp3) is 0. The van der Waals surface area contributed by atoms with Crippen LogP contribution in [0.15, 0.2) is 205 Å². The van der Waals surface area contributed by atoms with Gasteiger partial charge in [-0.3, -0.25) is 0 Å². The molecule has 11 aromatic rings. The van der Waals surface area contributed by atoms with E-state index < -0.39 is 0 Å². The quantitative estimate of drug-likeness (QED) is 0.170. The molecule has 0 atom stereocenters. The van der Waals surface area contributed by atoms with Gasteiger partial charge in [0.2, 0.25) is 0 Å². The fourth-order valence-corrected chi connectivity index (χ4v) is 9.53. The number of rotatable bonds is 6. The van der Waals surface area contributed by atoms with Gasteiger partial charge >= 0.3 is 0 Å². The molecular weight excluding hydrogens is 687 g/mol. The Bertz CT molecular complexity index is 3220. The van der Waals surface area contributed by atoms with E-state index in [2.05, 4.69) is 193 Å². The summed E-state index contributed by atoms with van der Waals surface area (Å²) < 4.78 is 9.08. The number of anilines is 3. The van der Waals surface area contributed by atoms with Gasteiger partial charge in [0.25, 0.3) is 0 Å². The maximum atomic E-state index is 6.45. The Hall–Kier alpha value is -6.94. The van der Waals surface area contributed by atoms with Crippen molar-refractivity contribution in [3.05, 3.63) is 200 Å². The van der Waals surface area contributed by atoms with Crippen LogP contribution < -0.4 is 4.90 Å². The second kappa shape index (κ2) is 12.9. The molecule has 11 rings (SSSR count). The highest BCUT2D eigenvalue weighted by Crippen LogP contribution is 2.45. The zero-order chi connectivity index (χ0) is 36.3. The minimum absolute atomic E-state index is 0.868. The van der Waals surface area contributed by atoms with Crippen LogP contribution in [0.4, 0.5) is 17.1 Å². The first kappa shape index (κ1) is 31.6. The third-order valence-electron chi connectivity index (χ3n) is 10.9. The van der Waals surface area contributed by atoms with Crippen molar-refractivity contribution in [2.45, 2.75) is 0 Å². The van der Waals surface area contributed by atoms with Gasteiger partial charge in [-0.15, -0.1) is 11.3 Å². The molecule has 0 unspecified atom stereocenters. The zero-order valence-electron chi connectivity index (χ0n) is 29.8. The SMILES string of the molecule is c1cc(-c2ccccc2N(c2ccc(-c3cccc4c3sc3ccccc34)cc2)c2ccc3c(c2)oc2ccccc23)cc(-c2cccc3ccccc23)c1. The topological polar surface area (TPSA) is 16.4 Å². The van der Waals surface area contributed by atoms with E-state index in [1.54, 1.807) is 0 Å². The average Bonchev–Trinajstić information content (AvgIpc) is 3.82. The number of fused-ring (bicyclic) bond motifs is 7. The monoisotopic (exact) mass is 719 g/mol. The Kier molecular flexibility index (Phi) is 7.39. The van der Waals surface area contributed by atoms with Crippen LogP contribution in [0.3, 0.4) is 0 Å². The first-order chi connectivity index (χ1) is 27.3. The molecule has 55 heavy (non-hydrogen) atoms. The number of para-hydroxylation sites is 2. The van der Waals surface area contributed by atoms with Crippen LogP contribution >= 0.6 is 11.3 Å². The van der Waals surface area contributed by atoms with Crippen molar-refractivity contribution >= 4 is 81.3 Å². The van der Waals surface area contributed by atoms with Crippen molar-refractivity contribution in [2.75, 3.05) is 4.90 Å². The van der Waals surface area contributed by atoms with Crippen LogP contribution in [-0.4, -0.2) is 0 Å². The highest BCUT2D eigenvalue weighted by Gasteiger charge is 2.20. The van der Waals surface area contributed by atoms with Crippen molar-refractivity contribution in [3.8, 4) is 33.4 Å². The van der Waals surface area contributed by atoms with Gasteiger partial charge in [-0.05, 0) is 87.1 Å². The van der Waals surface area contributed by atoms with Gasteiger partial charge in [0.1, 0.15) is 11.2 Å². The molecule has 258 valence electrons. The lowest BCUT2D eigenvalue weighted by Crippen LogP contribution is -2.11. The number of hydrogen-bond donors (Lipinski definition) is 0. The van der Waals surface area contributed by atoms with E-state index in [0.717, 1.165) is 50.1 Å². The molecule has 0 aliphatic rings. The highest BCUT2D eigenvalue weighted by atomic mass is 32.1. The van der Waals surface area contributed by atoms with E-state index in [1.807, 2.05) is 23.5 Å². The Balaban J connectivity index is 1.07. The summed E-state index contributed by atoms with van der Waals surface area (Å²) in [6, 6.07) is 72.2. The van der Waals surface area contributed by atoms with E-state index in [1.165, 1.54) is 53.2 Å². The van der Waals surface area contributed by atoms with Gasteiger partial charge in [-0.2, -0.15) is 0 Å². The maximum Gasteiger partial charge on any atom is 0.137 e. The Morgan fingerprint density at radius 3 is 1.89 bits per heavy atom. The molecule has 2 heterocycles. The largest absolute Gasteiger partial charge is 0.456 e. The molecule has 0 amide bonds. The molecule has 0 aliphatic carbocycles. The van der Waals surface area contributed by atoms with Crippen molar-refractivity contribution in [1.82, 2.24) is 0 Å². The average molecular weight is 720 g/mol. The minimum Gasteiger partial charge on any atom is -0.456 e. The van der Waals surface area contributed by atoms with E-state index >= 15 is 0 Å². The first-order valence-electron chi connectivity index (χ1n) is 18.7. The molecule has 2 aromatic heterocycles. The summed E-state index contributed by atoms with van der Waals surface area (Å²) in [6.45, 7) is 0.